The third kappa shape index (κ3) is 5.59. The van der Waals surface area contributed by atoms with Gasteiger partial charge in [0.05, 0.1) is 12.2 Å². The average Bonchev–Trinajstić information content (AvgIpc) is 2.96. The molecular formula is C15H22N2O5. The Morgan fingerprint density at radius 3 is 2.45 bits per heavy atom. The second-order valence-corrected chi connectivity index (χ2v) is 5.58. The van der Waals surface area contributed by atoms with Crippen LogP contribution in [-0.2, 0) is 9.59 Å². The highest BCUT2D eigenvalue weighted by atomic mass is 16.4. The fourth-order valence-corrected chi connectivity index (χ4v) is 1.96. The molecule has 0 unspecified atom stereocenters. The lowest BCUT2D eigenvalue weighted by Crippen LogP contribution is -2.46. The van der Waals surface area contributed by atoms with Crippen LogP contribution in [0.1, 0.15) is 37.7 Å². The Hall–Kier alpha value is -2.31. The van der Waals surface area contributed by atoms with Crippen LogP contribution in [0, 0.1) is 11.8 Å². The van der Waals surface area contributed by atoms with E-state index in [0.29, 0.717) is 6.42 Å². The molecule has 1 heterocycles. The molecule has 1 aromatic rings. The summed E-state index contributed by atoms with van der Waals surface area (Å²) in [6.07, 6.45) is 1.84. The first-order chi connectivity index (χ1) is 10.3. The number of furan rings is 1. The molecule has 0 aromatic carbocycles. The molecule has 3 N–H and O–H groups in total. The van der Waals surface area contributed by atoms with Crippen LogP contribution >= 0.6 is 0 Å². The number of hydrogen-bond donors (Lipinski definition) is 3. The Morgan fingerprint density at radius 2 is 1.95 bits per heavy atom. The molecular weight excluding hydrogens is 288 g/mol. The molecule has 0 bridgehead atoms. The van der Waals surface area contributed by atoms with E-state index in [9.17, 15) is 14.4 Å². The van der Waals surface area contributed by atoms with E-state index in [1.54, 1.807) is 6.07 Å². The van der Waals surface area contributed by atoms with Gasteiger partial charge < -0.3 is 20.2 Å². The van der Waals surface area contributed by atoms with E-state index in [1.807, 2.05) is 13.8 Å². The zero-order valence-corrected chi connectivity index (χ0v) is 13.0. The van der Waals surface area contributed by atoms with Gasteiger partial charge in [-0.1, -0.05) is 13.8 Å². The van der Waals surface area contributed by atoms with Crippen molar-refractivity contribution in [2.24, 2.45) is 11.8 Å². The van der Waals surface area contributed by atoms with Crippen molar-refractivity contribution >= 4 is 17.8 Å². The van der Waals surface area contributed by atoms with Gasteiger partial charge in [0, 0.05) is 6.54 Å². The molecule has 7 nitrogen and oxygen atoms in total. The highest BCUT2D eigenvalue weighted by Crippen LogP contribution is 2.11. The van der Waals surface area contributed by atoms with E-state index in [0.717, 1.165) is 0 Å². The monoisotopic (exact) mass is 310 g/mol. The lowest BCUT2D eigenvalue weighted by atomic mass is 9.97. The molecule has 1 rings (SSSR count). The minimum atomic E-state index is -0.943. The summed E-state index contributed by atoms with van der Waals surface area (Å²) >= 11 is 0. The Balaban J connectivity index is 2.46. The van der Waals surface area contributed by atoms with E-state index in [4.69, 9.17) is 9.52 Å². The predicted octanol–water partition coefficient (Wildman–Crippen LogP) is 1.26. The molecule has 0 saturated carbocycles. The second-order valence-electron chi connectivity index (χ2n) is 5.58. The van der Waals surface area contributed by atoms with Gasteiger partial charge in [-0.3, -0.25) is 14.4 Å². The standard InChI is InChI=1S/C15H22N2O5/c1-9(2)7-11(15(20)21)8-16-13(18)10(3)17-14(19)12-5-4-6-22-12/h4-6,9-11H,7-8H2,1-3H3,(H,16,18)(H,17,19)(H,20,21)/t10-,11-/m1/s1. The van der Waals surface area contributed by atoms with E-state index in [1.165, 1.54) is 19.3 Å². The van der Waals surface area contributed by atoms with Crippen LogP contribution in [0.2, 0.25) is 0 Å². The second kappa shape index (κ2) is 8.21. The molecule has 7 heteroatoms. The summed E-state index contributed by atoms with van der Waals surface area (Å²) < 4.78 is 4.93. The minimum Gasteiger partial charge on any atom is -0.481 e. The minimum absolute atomic E-state index is 0.0350. The Morgan fingerprint density at radius 1 is 1.27 bits per heavy atom. The van der Waals surface area contributed by atoms with Gasteiger partial charge in [-0.05, 0) is 31.4 Å². The number of carbonyl (C=O) groups is 3. The zero-order valence-electron chi connectivity index (χ0n) is 13.0. The third-order valence-corrected chi connectivity index (χ3v) is 3.11. The highest BCUT2D eigenvalue weighted by molar-refractivity contribution is 5.95. The van der Waals surface area contributed by atoms with E-state index < -0.39 is 29.7 Å². The zero-order chi connectivity index (χ0) is 16.7. The first-order valence-electron chi connectivity index (χ1n) is 7.16. The SMILES string of the molecule is CC(C)C[C@H](CNC(=O)[C@@H](C)NC(=O)c1ccco1)C(=O)O. The lowest BCUT2D eigenvalue weighted by Gasteiger charge is -2.18. The molecule has 0 aliphatic heterocycles. The number of amides is 2. The summed E-state index contributed by atoms with van der Waals surface area (Å²) in [7, 11) is 0. The Labute approximate surface area is 129 Å². The van der Waals surface area contributed by atoms with Crippen molar-refractivity contribution in [2.45, 2.75) is 33.2 Å². The van der Waals surface area contributed by atoms with Gasteiger partial charge in [0.2, 0.25) is 5.91 Å². The van der Waals surface area contributed by atoms with Gasteiger partial charge >= 0.3 is 5.97 Å². The number of carboxylic acids is 1. The molecule has 0 aliphatic carbocycles. The Kier molecular flexibility index (Phi) is 6.62. The molecule has 0 aliphatic rings. The van der Waals surface area contributed by atoms with Crippen molar-refractivity contribution in [3.8, 4) is 0 Å². The van der Waals surface area contributed by atoms with Crippen molar-refractivity contribution < 1.29 is 23.9 Å². The van der Waals surface area contributed by atoms with Crippen LogP contribution in [0.3, 0.4) is 0 Å². The van der Waals surface area contributed by atoms with Crippen LogP contribution in [0.15, 0.2) is 22.8 Å². The number of nitrogens with one attached hydrogen (secondary N) is 2. The molecule has 1 aromatic heterocycles. The molecule has 2 atom stereocenters. The number of carbonyl (C=O) groups excluding carboxylic acids is 2. The van der Waals surface area contributed by atoms with Crippen molar-refractivity contribution in [3.63, 3.8) is 0 Å². The number of hydrogen-bond acceptors (Lipinski definition) is 4. The molecule has 22 heavy (non-hydrogen) atoms. The van der Waals surface area contributed by atoms with Crippen molar-refractivity contribution in [1.82, 2.24) is 10.6 Å². The van der Waals surface area contributed by atoms with E-state index >= 15 is 0 Å². The van der Waals surface area contributed by atoms with Gasteiger partial charge in [-0.15, -0.1) is 0 Å². The van der Waals surface area contributed by atoms with Crippen molar-refractivity contribution in [3.05, 3.63) is 24.2 Å². The average molecular weight is 310 g/mol. The predicted molar refractivity (Wildman–Crippen MR) is 79.2 cm³/mol. The van der Waals surface area contributed by atoms with Crippen molar-refractivity contribution in [2.75, 3.05) is 6.54 Å². The molecule has 0 radical (unpaired) electrons. The third-order valence-electron chi connectivity index (χ3n) is 3.11. The van der Waals surface area contributed by atoms with Crippen LogP contribution in [0.4, 0.5) is 0 Å². The summed E-state index contributed by atoms with van der Waals surface area (Å²) in [6.45, 7) is 5.40. The fourth-order valence-electron chi connectivity index (χ4n) is 1.96. The first-order valence-corrected chi connectivity index (χ1v) is 7.16. The lowest BCUT2D eigenvalue weighted by molar-refractivity contribution is -0.142. The normalized spacial score (nSPS) is 13.5. The summed E-state index contributed by atoms with van der Waals surface area (Å²) in [5, 5.41) is 14.1. The quantitative estimate of drug-likeness (QED) is 0.670. The van der Waals surface area contributed by atoms with Crippen molar-refractivity contribution in [1.29, 1.82) is 0 Å². The summed E-state index contributed by atoms with van der Waals surface area (Å²) in [6, 6.07) is 2.28. The maximum atomic E-state index is 11.9. The maximum Gasteiger partial charge on any atom is 0.308 e. The van der Waals surface area contributed by atoms with Gasteiger partial charge in [0.25, 0.3) is 5.91 Å². The molecule has 0 saturated heterocycles. The summed E-state index contributed by atoms with van der Waals surface area (Å²) in [4.78, 5) is 34.8. The molecule has 122 valence electrons. The van der Waals surface area contributed by atoms with E-state index in [-0.39, 0.29) is 18.2 Å². The van der Waals surface area contributed by atoms with Gasteiger partial charge in [0.1, 0.15) is 6.04 Å². The van der Waals surface area contributed by atoms with Gasteiger partial charge in [0.15, 0.2) is 5.76 Å². The highest BCUT2D eigenvalue weighted by Gasteiger charge is 2.22. The number of rotatable bonds is 8. The van der Waals surface area contributed by atoms with E-state index in [2.05, 4.69) is 10.6 Å². The molecule has 0 fully saturated rings. The van der Waals surface area contributed by atoms with Gasteiger partial charge in [-0.25, -0.2) is 0 Å². The smallest absolute Gasteiger partial charge is 0.308 e. The topological polar surface area (TPSA) is 109 Å². The van der Waals surface area contributed by atoms with Crippen LogP contribution < -0.4 is 10.6 Å². The molecule has 0 spiro atoms. The molecule has 2 amide bonds. The number of aliphatic carboxylic acids is 1. The maximum absolute atomic E-state index is 11.9. The van der Waals surface area contributed by atoms with Crippen LogP contribution in [0.5, 0.6) is 0 Å². The summed E-state index contributed by atoms with van der Waals surface area (Å²) in [5.74, 6) is -2.19. The van der Waals surface area contributed by atoms with Gasteiger partial charge in [-0.2, -0.15) is 0 Å². The Bertz CT molecular complexity index is 510. The summed E-state index contributed by atoms with van der Waals surface area (Å²) in [5.41, 5.74) is 0. The van der Waals surface area contributed by atoms with Crippen LogP contribution in [-0.4, -0.2) is 35.5 Å². The number of carboxylic acid groups (broad SMARTS) is 1. The fraction of sp³-hybridized carbons (Fsp3) is 0.533. The van der Waals surface area contributed by atoms with Crippen LogP contribution in [0.25, 0.3) is 0 Å². The first kappa shape index (κ1) is 17.7. The largest absolute Gasteiger partial charge is 0.481 e.